The third-order valence-electron chi connectivity index (χ3n) is 4.54. The largest absolute Gasteiger partial charge is 0.361 e. The van der Waals surface area contributed by atoms with Crippen LogP contribution in [0.25, 0.3) is 0 Å². The molecule has 1 heterocycles. The number of halogens is 3. The zero-order valence-corrected chi connectivity index (χ0v) is 18.4. The molecule has 8 heteroatoms. The van der Waals surface area contributed by atoms with Crippen molar-refractivity contribution < 1.29 is 13.7 Å². The van der Waals surface area contributed by atoms with Crippen LogP contribution in [0.5, 0.6) is 0 Å². The van der Waals surface area contributed by atoms with E-state index in [9.17, 15) is 9.18 Å². The van der Waals surface area contributed by atoms with Gasteiger partial charge in [0.1, 0.15) is 11.6 Å². The number of amides is 1. The summed E-state index contributed by atoms with van der Waals surface area (Å²) in [6.07, 6.45) is 0. The van der Waals surface area contributed by atoms with Crippen molar-refractivity contribution in [3.05, 3.63) is 80.4 Å². The van der Waals surface area contributed by atoms with E-state index in [0.717, 1.165) is 21.9 Å². The molecule has 1 N–H and O–H groups in total. The molecule has 29 heavy (non-hydrogen) atoms. The fourth-order valence-corrected chi connectivity index (χ4v) is 4.61. The van der Waals surface area contributed by atoms with Gasteiger partial charge >= 0.3 is 0 Å². The van der Waals surface area contributed by atoms with E-state index in [2.05, 4.69) is 10.5 Å². The topological polar surface area (TPSA) is 55.1 Å². The highest BCUT2D eigenvalue weighted by Crippen LogP contribution is 2.31. The summed E-state index contributed by atoms with van der Waals surface area (Å²) < 4.78 is 19.0. The van der Waals surface area contributed by atoms with Crippen molar-refractivity contribution in [3.8, 4) is 0 Å². The van der Waals surface area contributed by atoms with Crippen LogP contribution in [-0.2, 0) is 5.75 Å². The number of rotatable bonds is 6. The molecule has 0 radical (unpaired) electrons. The third-order valence-corrected chi connectivity index (χ3v) is 6.26. The lowest BCUT2D eigenvalue weighted by molar-refractivity contribution is 0.0937. The Hall–Kier alpha value is -2.02. The smallest absolute Gasteiger partial charge is 0.252 e. The molecule has 0 aliphatic carbocycles. The summed E-state index contributed by atoms with van der Waals surface area (Å²) in [7, 11) is 0. The maximum absolute atomic E-state index is 13.8. The summed E-state index contributed by atoms with van der Waals surface area (Å²) in [5.74, 6) is 0.549. The molecular formula is C21H19Cl2FN2O2S. The summed E-state index contributed by atoms with van der Waals surface area (Å²) in [5, 5.41) is 7.08. The second-order valence-electron chi connectivity index (χ2n) is 6.57. The molecule has 0 saturated heterocycles. The van der Waals surface area contributed by atoms with Crippen molar-refractivity contribution in [2.24, 2.45) is 0 Å². The second-order valence-corrected chi connectivity index (χ2v) is 8.40. The average Bonchev–Trinajstić information content (AvgIpc) is 3.00. The van der Waals surface area contributed by atoms with Crippen molar-refractivity contribution in [2.75, 3.05) is 0 Å². The molecule has 1 amide bonds. The van der Waals surface area contributed by atoms with Gasteiger partial charge in [-0.2, -0.15) is 0 Å². The van der Waals surface area contributed by atoms with E-state index in [1.807, 2.05) is 26.0 Å². The van der Waals surface area contributed by atoms with E-state index < -0.39 is 11.9 Å². The Kier molecular flexibility index (Phi) is 6.88. The first kappa shape index (κ1) is 21.7. The molecular weight excluding hydrogens is 434 g/mol. The van der Waals surface area contributed by atoms with E-state index in [-0.39, 0.29) is 10.9 Å². The lowest BCUT2D eigenvalue weighted by Gasteiger charge is -2.17. The van der Waals surface area contributed by atoms with E-state index in [1.165, 1.54) is 23.9 Å². The number of benzene rings is 2. The highest BCUT2D eigenvalue weighted by atomic mass is 35.5. The van der Waals surface area contributed by atoms with Gasteiger partial charge < -0.3 is 9.84 Å². The lowest BCUT2D eigenvalue weighted by atomic mass is 10.1. The van der Waals surface area contributed by atoms with Crippen LogP contribution in [0, 0.1) is 19.7 Å². The number of thioether (sulfide) groups is 1. The predicted octanol–water partition coefficient (Wildman–Crippen LogP) is 6.52. The predicted molar refractivity (Wildman–Crippen MR) is 114 cm³/mol. The Morgan fingerprint density at radius 3 is 2.66 bits per heavy atom. The molecule has 0 aliphatic rings. The summed E-state index contributed by atoms with van der Waals surface area (Å²) in [5.41, 5.74) is 2.84. The van der Waals surface area contributed by atoms with Crippen LogP contribution in [0.15, 0.2) is 45.8 Å². The van der Waals surface area contributed by atoms with Crippen LogP contribution >= 0.6 is 35.0 Å². The van der Waals surface area contributed by atoms with Gasteiger partial charge in [0.2, 0.25) is 0 Å². The van der Waals surface area contributed by atoms with Gasteiger partial charge in [-0.25, -0.2) is 4.39 Å². The van der Waals surface area contributed by atoms with Gasteiger partial charge in [0, 0.05) is 21.2 Å². The molecule has 3 rings (SSSR count). The fraction of sp³-hybridized carbons (Fsp3) is 0.238. The first-order chi connectivity index (χ1) is 13.8. The second kappa shape index (κ2) is 9.20. The Balaban J connectivity index is 1.77. The number of carbonyl (C=O) groups is 1. The molecule has 3 aromatic rings. The lowest BCUT2D eigenvalue weighted by Crippen LogP contribution is -2.27. The first-order valence-electron chi connectivity index (χ1n) is 8.86. The molecule has 2 aromatic carbocycles. The average molecular weight is 453 g/mol. The molecule has 0 spiro atoms. The Bertz CT molecular complexity index is 1040. The normalized spacial score (nSPS) is 12.1. The quantitative estimate of drug-likeness (QED) is 0.341. The number of hydrogen-bond acceptors (Lipinski definition) is 4. The number of hydrogen-bond donors (Lipinski definition) is 1. The molecule has 0 fully saturated rings. The molecule has 0 saturated carbocycles. The molecule has 0 aliphatic heterocycles. The van der Waals surface area contributed by atoms with E-state index >= 15 is 0 Å². The summed E-state index contributed by atoms with van der Waals surface area (Å²) in [6, 6.07) is 9.40. The summed E-state index contributed by atoms with van der Waals surface area (Å²) in [6.45, 7) is 5.50. The highest BCUT2D eigenvalue weighted by Gasteiger charge is 2.19. The molecule has 0 bridgehead atoms. The van der Waals surface area contributed by atoms with Gasteiger partial charge in [-0.15, -0.1) is 11.8 Å². The minimum absolute atomic E-state index is 0.0571. The molecule has 1 unspecified atom stereocenters. The first-order valence-corrected chi connectivity index (χ1v) is 10.6. The van der Waals surface area contributed by atoms with Crippen molar-refractivity contribution in [1.29, 1.82) is 0 Å². The number of nitrogens with zero attached hydrogens (tertiary/aromatic N) is 1. The molecule has 1 aromatic heterocycles. The van der Waals surface area contributed by atoms with Crippen molar-refractivity contribution in [2.45, 2.75) is 37.5 Å². The summed E-state index contributed by atoms with van der Waals surface area (Å²) in [4.78, 5) is 13.7. The van der Waals surface area contributed by atoms with Crippen LogP contribution < -0.4 is 5.32 Å². The highest BCUT2D eigenvalue weighted by molar-refractivity contribution is 7.98. The van der Waals surface area contributed by atoms with Gasteiger partial charge in [-0.1, -0.05) is 40.5 Å². The maximum atomic E-state index is 13.8. The summed E-state index contributed by atoms with van der Waals surface area (Å²) >= 11 is 13.5. The van der Waals surface area contributed by atoms with Crippen LogP contribution in [0.2, 0.25) is 10.0 Å². The number of nitrogens with one attached hydrogen (secondary N) is 1. The number of carbonyl (C=O) groups excluding carboxylic acids is 1. The van der Waals surface area contributed by atoms with Gasteiger partial charge in [0.05, 0.1) is 22.3 Å². The number of aryl methyl sites for hydroxylation is 2. The zero-order valence-electron chi connectivity index (χ0n) is 16.1. The van der Waals surface area contributed by atoms with Gasteiger partial charge in [-0.05, 0) is 50.6 Å². The zero-order chi connectivity index (χ0) is 21.1. The Morgan fingerprint density at radius 1 is 1.24 bits per heavy atom. The maximum Gasteiger partial charge on any atom is 0.252 e. The molecule has 4 nitrogen and oxygen atoms in total. The van der Waals surface area contributed by atoms with Gasteiger partial charge in [0.15, 0.2) is 0 Å². The SMILES string of the molecule is Cc1noc(C)c1CSc1ccccc1C(=O)NC(C)c1cc(F)c(Cl)cc1Cl. The van der Waals surface area contributed by atoms with Gasteiger partial charge in [-0.3, -0.25) is 4.79 Å². The van der Waals surface area contributed by atoms with Crippen LogP contribution in [0.3, 0.4) is 0 Å². The van der Waals surface area contributed by atoms with E-state index in [1.54, 1.807) is 19.1 Å². The Morgan fingerprint density at radius 2 is 1.97 bits per heavy atom. The van der Waals surface area contributed by atoms with E-state index in [0.29, 0.717) is 21.9 Å². The minimum Gasteiger partial charge on any atom is -0.361 e. The third kappa shape index (κ3) is 4.94. The van der Waals surface area contributed by atoms with Crippen molar-refractivity contribution >= 4 is 40.9 Å². The minimum atomic E-state index is -0.581. The fourth-order valence-electron chi connectivity index (χ4n) is 2.86. The van der Waals surface area contributed by atoms with Crippen molar-refractivity contribution in [1.82, 2.24) is 10.5 Å². The van der Waals surface area contributed by atoms with Crippen LogP contribution in [-0.4, -0.2) is 11.1 Å². The number of aromatic nitrogens is 1. The van der Waals surface area contributed by atoms with E-state index in [4.69, 9.17) is 27.7 Å². The monoisotopic (exact) mass is 452 g/mol. The van der Waals surface area contributed by atoms with Gasteiger partial charge in [0.25, 0.3) is 5.91 Å². The van der Waals surface area contributed by atoms with Crippen LogP contribution in [0.4, 0.5) is 4.39 Å². The Labute approximate surface area is 182 Å². The van der Waals surface area contributed by atoms with Crippen LogP contribution in [0.1, 0.15) is 45.9 Å². The standard InChI is InChI=1S/C21H19Cl2FN2O2S/c1-11(15-8-19(24)18(23)9-17(15)22)25-21(27)14-6-4-5-7-20(14)29-10-16-12(2)26-28-13(16)3/h4-9,11H,10H2,1-3H3,(H,25,27). The molecule has 1 atom stereocenters. The molecule has 152 valence electrons. The van der Waals surface area contributed by atoms with Crippen molar-refractivity contribution in [3.63, 3.8) is 0 Å².